The maximum atomic E-state index is 13.1. The van der Waals surface area contributed by atoms with Gasteiger partial charge in [0.05, 0.1) is 13.0 Å². The zero-order valence-corrected chi connectivity index (χ0v) is 15.6. The van der Waals surface area contributed by atoms with Crippen LogP contribution in [0, 0.1) is 17.8 Å². The van der Waals surface area contributed by atoms with Gasteiger partial charge in [0.1, 0.15) is 11.6 Å². The summed E-state index contributed by atoms with van der Waals surface area (Å²) < 4.78 is 10.2. The largest absolute Gasteiger partial charge is 0.469 e. The summed E-state index contributed by atoms with van der Waals surface area (Å²) in [5.74, 6) is -1.07. The minimum Gasteiger partial charge on any atom is -0.469 e. The lowest BCUT2D eigenvalue weighted by Crippen LogP contribution is -2.51. The summed E-state index contributed by atoms with van der Waals surface area (Å²) in [6.07, 6.45) is 2.74. The van der Waals surface area contributed by atoms with Crippen LogP contribution in [0.1, 0.15) is 46.5 Å². The Morgan fingerprint density at radius 2 is 1.92 bits per heavy atom. The minimum absolute atomic E-state index is 0.0989. The van der Waals surface area contributed by atoms with Gasteiger partial charge in [-0.15, -0.1) is 0 Å². The van der Waals surface area contributed by atoms with E-state index >= 15 is 0 Å². The second kappa shape index (κ2) is 8.17. The maximum absolute atomic E-state index is 13.1. The van der Waals surface area contributed by atoms with Gasteiger partial charge in [0.25, 0.3) is 0 Å². The topological polar surface area (TPSA) is 93.7 Å². The van der Waals surface area contributed by atoms with Gasteiger partial charge < -0.3 is 20.1 Å². The van der Waals surface area contributed by atoms with Gasteiger partial charge in [-0.3, -0.25) is 9.59 Å². The highest BCUT2D eigenvalue weighted by molar-refractivity contribution is 5.93. The molecule has 1 amide bonds. The molecule has 0 aromatic heterocycles. The zero-order chi connectivity index (χ0) is 18.6. The second-order valence-corrected chi connectivity index (χ2v) is 7.94. The SMILES string of the molecule is COC(=O)[C@@H]1CC[C@@H]2CCCNC[C@H](NC(=O)OC(C)(C)C)C(=O)C21. The first-order chi connectivity index (χ1) is 11.7. The summed E-state index contributed by atoms with van der Waals surface area (Å²) >= 11 is 0. The number of amides is 1. The highest BCUT2D eigenvalue weighted by atomic mass is 16.6. The molecule has 1 aliphatic carbocycles. The van der Waals surface area contributed by atoms with Crippen molar-refractivity contribution in [3.05, 3.63) is 0 Å². The number of ketones is 1. The fraction of sp³-hybridized carbons (Fsp3) is 0.833. The van der Waals surface area contributed by atoms with Crippen molar-refractivity contribution in [1.82, 2.24) is 10.6 Å². The third-order valence-corrected chi connectivity index (χ3v) is 4.93. The van der Waals surface area contributed by atoms with E-state index in [1.54, 1.807) is 20.8 Å². The molecule has 2 fully saturated rings. The monoisotopic (exact) mass is 354 g/mol. The van der Waals surface area contributed by atoms with Crippen LogP contribution in [0.3, 0.4) is 0 Å². The number of ether oxygens (including phenoxy) is 2. The molecule has 7 heteroatoms. The quantitative estimate of drug-likeness (QED) is 0.733. The van der Waals surface area contributed by atoms with E-state index in [2.05, 4.69) is 10.6 Å². The smallest absolute Gasteiger partial charge is 0.408 e. The van der Waals surface area contributed by atoms with Gasteiger partial charge in [0.15, 0.2) is 5.78 Å². The second-order valence-electron chi connectivity index (χ2n) is 7.94. The highest BCUT2D eigenvalue weighted by Gasteiger charge is 2.47. The Kier molecular flexibility index (Phi) is 6.43. The van der Waals surface area contributed by atoms with Crippen LogP contribution in [0.4, 0.5) is 4.79 Å². The molecule has 0 radical (unpaired) electrons. The molecule has 0 aromatic rings. The Labute approximate surface area is 149 Å². The Balaban J connectivity index is 2.16. The molecule has 4 atom stereocenters. The van der Waals surface area contributed by atoms with Gasteiger partial charge in [-0.05, 0) is 58.9 Å². The van der Waals surface area contributed by atoms with Crippen molar-refractivity contribution in [1.29, 1.82) is 0 Å². The molecule has 1 heterocycles. The number of hydrogen-bond donors (Lipinski definition) is 2. The predicted octanol–water partition coefficient (Wildman–Crippen LogP) is 1.65. The lowest BCUT2D eigenvalue weighted by Gasteiger charge is -2.27. The molecule has 25 heavy (non-hydrogen) atoms. The van der Waals surface area contributed by atoms with Crippen LogP contribution in [-0.4, -0.2) is 49.7 Å². The molecule has 1 aliphatic heterocycles. The summed E-state index contributed by atoms with van der Waals surface area (Å²) in [7, 11) is 1.35. The lowest BCUT2D eigenvalue weighted by atomic mass is 9.81. The number of carbonyl (C=O) groups excluding carboxylic acids is 3. The third-order valence-electron chi connectivity index (χ3n) is 4.93. The first kappa shape index (κ1) is 19.7. The molecule has 0 bridgehead atoms. The van der Waals surface area contributed by atoms with E-state index in [1.165, 1.54) is 7.11 Å². The molecule has 2 aliphatic rings. The number of esters is 1. The number of Topliss-reactive ketones (excluding diaryl/α,β-unsaturated/α-hetero) is 1. The number of methoxy groups -OCH3 is 1. The van der Waals surface area contributed by atoms with Crippen LogP contribution < -0.4 is 10.6 Å². The Morgan fingerprint density at radius 3 is 2.56 bits per heavy atom. The van der Waals surface area contributed by atoms with Crippen LogP contribution in [-0.2, 0) is 19.1 Å². The van der Waals surface area contributed by atoms with Gasteiger partial charge in [-0.25, -0.2) is 4.79 Å². The number of nitrogens with one attached hydrogen (secondary N) is 2. The Hall–Kier alpha value is -1.63. The van der Waals surface area contributed by atoms with Crippen molar-refractivity contribution < 1.29 is 23.9 Å². The van der Waals surface area contributed by atoms with Crippen molar-refractivity contribution in [3.8, 4) is 0 Å². The first-order valence-electron chi connectivity index (χ1n) is 9.04. The standard InChI is InChI=1S/C18H30N2O5/c1-18(2,3)25-17(23)20-13-10-19-9-5-6-11-7-8-12(16(22)24-4)14(11)15(13)21/h11-14,19H,5-10H2,1-4H3,(H,20,23)/t11-,12+,13-,14?/m0/s1. The van der Waals surface area contributed by atoms with Crippen LogP contribution >= 0.6 is 0 Å². The molecule has 0 spiro atoms. The summed E-state index contributed by atoms with van der Waals surface area (Å²) in [4.78, 5) is 37.4. The van der Waals surface area contributed by atoms with Gasteiger partial charge in [-0.2, -0.15) is 0 Å². The summed E-state index contributed by atoms with van der Waals surface area (Å²) in [5, 5.41) is 5.90. The van der Waals surface area contributed by atoms with Gasteiger partial charge >= 0.3 is 12.1 Å². The van der Waals surface area contributed by atoms with Gasteiger partial charge in [0, 0.05) is 12.5 Å². The van der Waals surface area contributed by atoms with E-state index in [0.29, 0.717) is 13.0 Å². The fourth-order valence-electron chi connectivity index (χ4n) is 3.89. The van der Waals surface area contributed by atoms with Crippen molar-refractivity contribution >= 4 is 17.8 Å². The van der Waals surface area contributed by atoms with Crippen LogP contribution in [0.5, 0.6) is 0 Å². The fourth-order valence-corrected chi connectivity index (χ4v) is 3.89. The van der Waals surface area contributed by atoms with E-state index in [9.17, 15) is 14.4 Å². The molecule has 1 unspecified atom stereocenters. The number of carbonyl (C=O) groups is 3. The summed E-state index contributed by atoms with van der Waals surface area (Å²) in [6.45, 7) is 6.45. The predicted molar refractivity (Wildman–Crippen MR) is 92.0 cm³/mol. The zero-order valence-electron chi connectivity index (χ0n) is 15.6. The minimum atomic E-state index is -0.703. The third kappa shape index (κ3) is 5.17. The molecule has 7 nitrogen and oxygen atoms in total. The van der Waals surface area contributed by atoms with Crippen LogP contribution in [0.2, 0.25) is 0 Å². The Bertz CT molecular complexity index is 514. The van der Waals surface area contributed by atoms with E-state index in [4.69, 9.17) is 9.47 Å². The van der Waals surface area contributed by atoms with E-state index in [-0.39, 0.29) is 17.7 Å². The van der Waals surface area contributed by atoms with Crippen molar-refractivity contribution in [2.45, 2.75) is 58.1 Å². The number of rotatable bonds is 2. The lowest BCUT2D eigenvalue weighted by molar-refractivity contribution is -0.149. The van der Waals surface area contributed by atoms with Gasteiger partial charge in [-0.1, -0.05) is 0 Å². The van der Waals surface area contributed by atoms with Crippen LogP contribution in [0.25, 0.3) is 0 Å². The molecule has 1 saturated heterocycles. The molecule has 2 rings (SSSR count). The molecule has 0 aromatic carbocycles. The maximum Gasteiger partial charge on any atom is 0.408 e. The highest BCUT2D eigenvalue weighted by Crippen LogP contribution is 2.41. The molecular formula is C18H30N2O5. The van der Waals surface area contributed by atoms with Crippen molar-refractivity contribution in [2.24, 2.45) is 17.8 Å². The summed E-state index contributed by atoms with van der Waals surface area (Å²) in [5.41, 5.74) is -0.635. The Morgan fingerprint density at radius 1 is 1.20 bits per heavy atom. The summed E-state index contributed by atoms with van der Waals surface area (Å²) in [6, 6.07) is -0.703. The van der Waals surface area contributed by atoms with E-state index in [0.717, 1.165) is 25.8 Å². The molecular weight excluding hydrogens is 324 g/mol. The number of alkyl carbamates (subject to hydrolysis) is 1. The van der Waals surface area contributed by atoms with E-state index in [1.807, 2.05) is 0 Å². The molecule has 2 N–H and O–H groups in total. The van der Waals surface area contributed by atoms with E-state index < -0.39 is 29.6 Å². The molecule has 1 saturated carbocycles. The van der Waals surface area contributed by atoms with Crippen molar-refractivity contribution in [3.63, 3.8) is 0 Å². The van der Waals surface area contributed by atoms with Crippen LogP contribution in [0.15, 0.2) is 0 Å². The molecule has 142 valence electrons. The number of fused-ring (bicyclic) bond motifs is 1. The first-order valence-corrected chi connectivity index (χ1v) is 9.04. The average molecular weight is 354 g/mol. The number of hydrogen-bond acceptors (Lipinski definition) is 6. The van der Waals surface area contributed by atoms with Crippen molar-refractivity contribution in [2.75, 3.05) is 20.2 Å². The average Bonchev–Trinajstić information content (AvgIpc) is 2.95. The van der Waals surface area contributed by atoms with Gasteiger partial charge in [0.2, 0.25) is 0 Å². The normalized spacial score (nSPS) is 30.5.